The summed E-state index contributed by atoms with van der Waals surface area (Å²) in [6, 6.07) is 22.9. The van der Waals surface area contributed by atoms with E-state index in [1.807, 2.05) is 72.9 Å². The van der Waals surface area contributed by atoms with E-state index >= 15 is 0 Å². The van der Waals surface area contributed by atoms with Crippen LogP contribution in [0.3, 0.4) is 0 Å². The lowest BCUT2D eigenvalue weighted by molar-refractivity contribution is 0.884. The minimum atomic E-state index is -0.363. The fourth-order valence-electron chi connectivity index (χ4n) is 3.55. The normalized spacial score (nSPS) is 11.7. The van der Waals surface area contributed by atoms with E-state index < -0.39 is 0 Å². The number of nitrogens with one attached hydrogen (secondary N) is 1. The molecule has 0 aliphatic carbocycles. The van der Waals surface area contributed by atoms with Gasteiger partial charge in [-0.1, -0.05) is 48.5 Å². The minimum Gasteiger partial charge on any atom is -0.397 e. The van der Waals surface area contributed by atoms with Crippen molar-refractivity contribution in [3.05, 3.63) is 104 Å². The van der Waals surface area contributed by atoms with Gasteiger partial charge < -0.3 is 5.73 Å². The molecule has 0 atom stereocenters. The van der Waals surface area contributed by atoms with Crippen molar-refractivity contribution in [3.8, 4) is 23.0 Å². The van der Waals surface area contributed by atoms with Crippen molar-refractivity contribution >= 4 is 27.9 Å². The Morgan fingerprint density at radius 2 is 1.78 bits per heavy atom. The molecule has 3 heterocycles. The molecular formula is C24H16N6OS. The van der Waals surface area contributed by atoms with E-state index in [1.165, 1.54) is 15.7 Å². The minimum absolute atomic E-state index is 0.00850. The van der Waals surface area contributed by atoms with Crippen molar-refractivity contribution in [1.82, 2.24) is 14.2 Å². The Hall–Kier alpha value is -4.48. The number of nitrogen functional groups attached to an aromatic ring is 1. The Labute approximate surface area is 186 Å². The summed E-state index contributed by atoms with van der Waals surface area (Å²) in [5.41, 5.74) is 8.84. The summed E-state index contributed by atoms with van der Waals surface area (Å²) in [5, 5.41) is 22.3. The van der Waals surface area contributed by atoms with Gasteiger partial charge >= 0.3 is 0 Å². The first-order chi connectivity index (χ1) is 15.6. The highest BCUT2D eigenvalue weighted by Gasteiger charge is 2.14. The molecule has 154 valence electrons. The van der Waals surface area contributed by atoms with Crippen LogP contribution >= 0.6 is 11.3 Å². The molecule has 7 nitrogen and oxygen atoms in total. The molecule has 0 spiro atoms. The molecule has 5 rings (SSSR count). The van der Waals surface area contributed by atoms with Gasteiger partial charge in [0.1, 0.15) is 16.5 Å². The lowest BCUT2D eigenvalue weighted by atomic mass is 10.1. The molecule has 2 aromatic carbocycles. The fourth-order valence-corrected chi connectivity index (χ4v) is 4.59. The summed E-state index contributed by atoms with van der Waals surface area (Å²) in [6.07, 6.45) is 3.65. The Balaban J connectivity index is 1.78. The van der Waals surface area contributed by atoms with Crippen LogP contribution in [0.2, 0.25) is 0 Å². The molecule has 0 aliphatic heterocycles. The van der Waals surface area contributed by atoms with Crippen LogP contribution in [0.15, 0.2) is 77.7 Å². The van der Waals surface area contributed by atoms with Crippen molar-refractivity contribution in [2.24, 2.45) is 0 Å². The first-order valence-electron chi connectivity index (χ1n) is 9.72. The first-order valence-corrected chi connectivity index (χ1v) is 10.5. The molecule has 0 radical (unpaired) electrons. The van der Waals surface area contributed by atoms with Gasteiger partial charge in [0.15, 0.2) is 5.49 Å². The van der Waals surface area contributed by atoms with Gasteiger partial charge in [-0.05, 0) is 24.3 Å². The number of pyridine rings is 1. The standard InChI is InChI=1S/C24H16N6OS/c25-13-18-19(26)12-21-30(23(18)27)24(31)20(32-21)11-16-14-29(17-9-5-2-6-10-17)28-22(16)15-7-3-1-4-8-15/h1-12,14,27H,26H2/b20-11+,27-23?. The number of nitrogens with zero attached hydrogens (tertiary/aromatic N) is 4. The second-order valence-corrected chi connectivity index (χ2v) is 8.17. The van der Waals surface area contributed by atoms with Gasteiger partial charge in [-0.2, -0.15) is 10.4 Å². The van der Waals surface area contributed by atoms with E-state index in [2.05, 4.69) is 0 Å². The van der Waals surface area contributed by atoms with Crippen LogP contribution in [0.5, 0.6) is 0 Å². The van der Waals surface area contributed by atoms with Crippen LogP contribution in [0.1, 0.15) is 11.1 Å². The number of thiazole rings is 1. The lowest BCUT2D eigenvalue weighted by Gasteiger charge is -2.00. The molecule has 32 heavy (non-hydrogen) atoms. The zero-order chi connectivity index (χ0) is 22.2. The molecule has 0 bridgehead atoms. The molecular weight excluding hydrogens is 420 g/mol. The van der Waals surface area contributed by atoms with E-state index in [9.17, 15) is 10.1 Å². The Kier molecular flexibility index (Phi) is 4.66. The number of rotatable bonds is 3. The van der Waals surface area contributed by atoms with Crippen molar-refractivity contribution in [2.45, 2.75) is 0 Å². The third-order valence-corrected chi connectivity index (χ3v) is 6.11. The van der Waals surface area contributed by atoms with Crippen LogP contribution in [0.4, 0.5) is 5.69 Å². The van der Waals surface area contributed by atoms with Gasteiger partial charge in [0.25, 0.3) is 5.56 Å². The van der Waals surface area contributed by atoms with Gasteiger partial charge in [-0.15, -0.1) is 11.3 Å². The highest BCUT2D eigenvalue weighted by Crippen LogP contribution is 2.24. The highest BCUT2D eigenvalue weighted by atomic mass is 32.1. The van der Waals surface area contributed by atoms with Crippen molar-refractivity contribution < 1.29 is 0 Å². The predicted molar refractivity (Wildman–Crippen MR) is 124 cm³/mol. The number of aromatic nitrogens is 3. The van der Waals surface area contributed by atoms with Crippen LogP contribution in [0, 0.1) is 16.7 Å². The van der Waals surface area contributed by atoms with Gasteiger partial charge in [-0.25, -0.2) is 9.08 Å². The van der Waals surface area contributed by atoms with Gasteiger partial charge in [0.2, 0.25) is 0 Å². The Morgan fingerprint density at radius 3 is 2.47 bits per heavy atom. The molecule has 5 aromatic rings. The van der Waals surface area contributed by atoms with E-state index in [4.69, 9.17) is 16.2 Å². The molecule has 8 heteroatoms. The number of para-hydroxylation sites is 1. The summed E-state index contributed by atoms with van der Waals surface area (Å²) in [7, 11) is 0. The number of anilines is 1. The lowest BCUT2D eigenvalue weighted by Crippen LogP contribution is -2.32. The summed E-state index contributed by atoms with van der Waals surface area (Å²) in [6.45, 7) is 0. The predicted octanol–water partition coefficient (Wildman–Crippen LogP) is 2.69. The summed E-state index contributed by atoms with van der Waals surface area (Å²) >= 11 is 1.22. The quantitative estimate of drug-likeness (QED) is 0.453. The monoisotopic (exact) mass is 436 g/mol. The average molecular weight is 437 g/mol. The van der Waals surface area contributed by atoms with Gasteiger partial charge in [-0.3, -0.25) is 10.2 Å². The highest BCUT2D eigenvalue weighted by molar-refractivity contribution is 7.15. The number of fused-ring (bicyclic) bond motifs is 1. The Morgan fingerprint density at radius 1 is 1.09 bits per heavy atom. The number of hydrogen-bond donors (Lipinski definition) is 2. The molecule has 0 unspecified atom stereocenters. The maximum Gasteiger partial charge on any atom is 0.274 e. The SMILES string of the molecule is N#Cc1c(N)cc2s/c(=C/c3cn(-c4ccccc4)nc3-c3ccccc3)c(=O)n2c1=N. The van der Waals surface area contributed by atoms with Gasteiger partial charge in [0, 0.05) is 17.3 Å². The second kappa shape index (κ2) is 7.65. The number of benzene rings is 2. The van der Waals surface area contributed by atoms with E-state index in [0.29, 0.717) is 9.36 Å². The van der Waals surface area contributed by atoms with Crippen molar-refractivity contribution in [3.63, 3.8) is 0 Å². The van der Waals surface area contributed by atoms with E-state index in [-0.39, 0.29) is 22.3 Å². The van der Waals surface area contributed by atoms with Crippen LogP contribution in [-0.2, 0) is 0 Å². The van der Waals surface area contributed by atoms with E-state index in [1.54, 1.807) is 16.8 Å². The maximum absolute atomic E-state index is 13.1. The first kappa shape index (κ1) is 19.5. The zero-order valence-electron chi connectivity index (χ0n) is 16.7. The molecule has 3 aromatic heterocycles. The zero-order valence-corrected chi connectivity index (χ0v) is 17.5. The fraction of sp³-hybridized carbons (Fsp3) is 0. The summed E-state index contributed by atoms with van der Waals surface area (Å²) in [5.74, 6) is 0. The van der Waals surface area contributed by atoms with E-state index in [0.717, 1.165) is 22.5 Å². The van der Waals surface area contributed by atoms with Crippen LogP contribution in [0.25, 0.3) is 27.9 Å². The molecule has 0 saturated carbocycles. The average Bonchev–Trinajstić information content (AvgIpc) is 3.37. The third kappa shape index (κ3) is 3.17. The summed E-state index contributed by atoms with van der Waals surface area (Å²) in [4.78, 5) is 13.6. The second-order valence-electron chi connectivity index (χ2n) is 7.10. The largest absolute Gasteiger partial charge is 0.397 e. The molecule has 3 N–H and O–H groups in total. The van der Waals surface area contributed by atoms with Crippen LogP contribution < -0.4 is 21.3 Å². The number of nitriles is 1. The Bertz CT molecular complexity index is 1670. The van der Waals surface area contributed by atoms with Crippen molar-refractivity contribution in [2.75, 3.05) is 5.73 Å². The maximum atomic E-state index is 13.1. The number of nitrogens with two attached hydrogens (primary N) is 1. The molecule has 0 aliphatic rings. The molecule has 0 fully saturated rings. The smallest absolute Gasteiger partial charge is 0.274 e. The van der Waals surface area contributed by atoms with Crippen molar-refractivity contribution in [1.29, 1.82) is 10.7 Å². The molecule has 0 saturated heterocycles. The van der Waals surface area contributed by atoms with Crippen LogP contribution in [-0.4, -0.2) is 14.2 Å². The third-order valence-electron chi connectivity index (χ3n) is 5.09. The summed E-state index contributed by atoms with van der Waals surface area (Å²) < 4.78 is 3.42. The topological polar surface area (TPSA) is 113 Å². The number of hydrogen-bond acceptors (Lipinski definition) is 6. The van der Waals surface area contributed by atoms with Gasteiger partial charge in [0.05, 0.1) is 21.6 Å². The molecule has 0 amide bonds.